The highest BCUT2D eigenvalue weighted by atomic mass is 16.3. The Morgan fingerprint density at radius 3 is 2.19 bits per heavy atom. The molecule has 3 heterocycles. The molecule has 0 aliphatic carbocycles. The van der Waals surface area contributed by atoms with Gasteiger partial charge in [-0.2, -0.15) is 0 Å². The molecule has 1 amide bonds. The van der Waals surface area contributed by atoms with E-state index in [1.165, 1.54) is 12.8 Å². The third-order valence-corrected chi connectivity index (χ3v) is 6.13. The number of rotatable bonds is 6. The number of para-hydroxylation sites is 2. The summed E-state index contributed by atoms with van der Waals surface area (Å²) < 4.78 is 7.58. The monoisotopic (exact) mass is 415 g/mol. The highest BCUT2D eigenvalue weighted by molar-refractivity contribution is 5.94. The van der Waals surface area contributed by atoms with E-state index < -0.39 is 0 Å². The molecule has 0 radical (unpaired) electrons. The molecule has 4 aromatic rings. The zero-order valence-corrected chi connectivity index (χ0v) is 17.3. The van der Waals surface area contributed by atoms with Gasteiger partial charge in [-0.25, -0.2) is 0 Å². The maximum atomic E-state index is 13.0. The Morgan fingerprint density at radius 2 is 1.58 bits per heavy atom. The number of nitrogens with zero attached hydrogens (tertiary/aromatic N) is 2. The number of hydrogen-bond acceptors (Lipinski definition) is 4. The summed E-state index contributed by atoms with van der Waals surface area (Å²) in [6.45, 7) is 2.65. The molecule has 0 saturated carbocycles. The molecule has 0 bridgehead atoms. The van der Waals surface area contributed by atoms with Crippen LogP contribution < -0.4 is 10.7 Å². The first kappa shape index (κ1) is 19.6. The van der Waals surface area contributed by atoms with Gasteiger partial charge in [0.05, 0.1) is 23.3 Å². The van der Waals surface area contributed by atoms with Gasteiger partial charge in [-0.15, -0.1) is 0 Å². The van der Waals surface area contributed by atoms with E-state index in [9.17, 15) is 9.59 Å². The van der Waals surface area contributed by atoms with Crippen molar-refractivity contribution in [3.8, 4) is 0 Å². The van der Waals surface area contributed by atoms with Crippen LogP contribution in [0.2, 0.25) is 0 Å². The lowest BCUT2D eigenvalue weighted by Crippen LogP contribution is -2.38. The summed E-state index contributed by atoms with van der Waals surface area (Å²) >= 11 is 0. The lowest BCUT2D eigenvalue weighted by atomic mass is 10.1. The Morgan fingerprint density at radius 1 is 0.935 bits per heavy atom. The molecular formula is C25H25N3O3. The Labute approximate surface area is 180 Å². The molecule has 0 unspecified atom stereocenters. The number of carbonyl (C=O) groups excluding carboxylic acids is 1. The normalized spacial score (nSPS) is 15.5. The predicted molar refractivity (Wildman–Crippen MR) is 121 cm³/mol. The maximum Gasteiger partial charge on any atom is 0.240 e. The van der Waals surface area contributed by atoms with E-state index >= 15 is 0 Å². The Bertz CT molecular complexity index is 1210. The van der Waals surface area contributed by atoms with Gasteiger partial charge in [-0.3, -0.25) is 14.5 Å². The Kier molecular flexibility index (Phi) is 5.30. The van der Waals surface area contributed by atoms with Gasteiger partial charge in [0.2, 0.25) is 5.91 Å². The van der Waals surface area contributed by atoms with Crippen LogP contribution in [0.15, 0.2) is 76.1 Å². The van der Waals surface area contributed by atoms with Crippen molar-refractivity contribution in [1.82, 2.24) is 14.8 Å². The van der Waals surface area contributed by atoms with Gasteiger partial charge in [-0.1, -0.05) is 24.3 Å². The van der Waals surface area contributed by atoms with Crippen LogP contribution >= 0.6 is 0 Å². The summed E-state index contributed by atoms with van der Waals surface area (Å²) in [6, 6.07) is 18.8. The quantitative estimate of drug-likeness (QED) is 0.488. The van der Waals surface area contributed by atoms with E-state index in [1.807, 2.05) is 65.2 Å². The highest BCUT2D eigenvalue weighted by Crippen LogP contribution is 2.25. The van der Waals surface area contributed by atoms with Crippen LogP contribution in [0.3, 0.4) is 0 Å². The third kappa shape index (κ3) is 3.75. The number of aromatic nitrogens is 1. The summed E-state index contributed by atoms with van der Waals surface area (Å²) in [6.07, 6.45) is 4.01. The minimum absolute atomic E-state index is 0.00484. The lowest BCUT2D eigenvalue weighted by molar-refractivity contribution is -0.121. The molecule has 2 aromatic heterocycles. The van der Waals surface area contributed by atoms with Crippen LogP contribution in [-0.2, 0) is 11.3 Å². The first-order chi connectivity index (χ1) is 15.2. The fourth-order valence-corrected chi connectivity index (χ4v) is 4.60. The molecule has 6 nitrogen and oxygen atoms in total. The van der Waals surface area contributed by atoms with Gasteiger partial charge in [0.1, 0.15) is 12.3 Å². The van der Waals surface area contributed by atoms with Crippen LogP contribution in [0.4, 0.5) is 0 Å². The van der Waals surface area contributed by atoms with Crippen molar-refractivity contribution in [2.45, 2.75) is 25.4 Å². The topological polar surface area (TPSA) is 67.5 Å². The summed E-state index contributed by atoms with van der Waals surface area (Å²) in [5, 5.41) is 4.35. The Hall–Kier alpha value is -3.38. The molecule has 1 atom stereocenters. The molecule has 0 spiro atoms. The van der Waals surface area contributed by atoms with E-state index in [-0.39, 0.29) is 23.9 Å². The van der Waals surface area contributed by atoms with Gasteiger partial charge in [-0.05, 0) is 62.3 Å². The number of amides is 1. The molecule has 1 N–H and O–H groups in total. The second-order valence-corrected chi connectivity index (χ2v) is 8.03. The summed E-state index contributed by atoms with van der Waals surface area (Å²) in [4.78, 5) is 28.3. The minimum Gasteiger partial charge on any atom is -0.468 e. The smallest absolute Gasteiger partial charge is 0.240 e. The van der Waals surface area contributed by atoms with Gasteiger partial charge in [0.15, 0.2) is 5.43 Å². The van der Waals surface area contributed by atoms with Crippen LogP contribution in [0.5, 0.6) is 0 Å². The number of furan rings is 1. The van der Waals surface area contributed by atoms with Gasteiger partial charge < -0.3 is 14.3 Å². The molecular weight excluding hydrogens is 390 g/mol. The summed E-state index contributed by atoms with van der Waals surface area (Å²) in [7, 11) is 0. The predicted octanol–water partition coefficient (Wildman–Crippen LogP) is 3.70. The zero-order valence-electron chi connectivity index (χ0n) is 17.3. The van der Waals surface area contributed by atoms with Crippen molar-refractivity contribution in [2.75, 3.05) is 19.6 Å². The van der Waals surface area contributed by atoms with Gasteiger partial charge in [0.25, 0.3) is 0 Å². The third-order valence-electron chi connectivity index (χ3n) is 6.13. The second kappa shape index (κ2) is 8.40. The standard InChI is InChI=1S/C25H25N3O3/c29-24(26-16-22(23-12-7-15-31-23)27-13-5-6-14-27)17-28-20-10-3-1-8-18(20)25(30)19-9-2-4-11-21(19)28/h1-4,7-12,15,22H,5-6,13-14,16-17H2,(H,26,29)/t22-/m1/s1. The van der Waals surface area contributed by atoms with Crippen LogP contribution in [-0.4, -0.2) is 35.0 Å². The zero-order chi connectivity index (χ0) is 21.2. The van der Waals surface area contributed by atoms with Gasteiger partial charge >= 0.3 is 0 Å². The number of hydrogen-bond donors (Lipinski definition) is 1. The first-order valence-electron chi connectivity index (χ1n) is 10.8. The van der Waals surface area contributed by atoms with Crippen molar-refractivity contribution >= 4 is 27.7 Å². The van der Waals surface area contributed by atoms with E-state index in [2.05, 4.69) is 10.2 Å². The summed E-state index contributed by atoms with van der Waals surface area (Å²) in [5.41, 5.74) is 1.53. The van der Waals surface area contributed by atoms with E-state index in [0.717, 1.165) is 29.9 Å². The van der Waals surface area contributed by atoms with Crippen molar-refractivity contribution in [3.63, 3.8) is 0 Å². The largest absolute Gasteiger partial charge is 0.468 e. The maximum absolute atomic E-state index is 13.0. The minimum atomic E-state index is -0.0882. The number of carbonyl (C=O) groups is 1. The fourth-order valence-electron chi connectivity index (χ4n) is 4.60. The second-order valence-electron chi connectivity index (χ2n) is 8.03. The molecule has 158 valence electrons. The van der Waals surface area contributed by atoms with Crippen molar-refractivity contribution < 1.29 is 9.21 Å². The SMILES string of the molecule is O=C(Cn1c2ccccc2c(=O)c2ccccc21)NC[C@H](c1ccco1)N1CCCC1. The fraction of sp³-hybridized carbons (Fsp3) is 0.280. The number of nitrogens with one attached hydrogen (secondary N) is 1. The molecule has 6 heteroatoms. The number of likely N-dealkylation sites (tertiary alicyclic amines) is 1. The molecule has 1 saturated heterocycles. The molecule has 1 fully saturated rings. The molecule has 1 aliphatic rings. The van der Waals surface area contributed by atoms with E-state index in [0.29, 0.717) is 17.3 Å². The average Bonchev–Trinajstić information content (AvgIpc) is 3.52. The van der Waals surface area contributed by atoms with Crippen LogP contribution in [0.1, 0.15) is 24.6 Å². The van der Waals surface area contributed by atoms with Crippen LogP contribution in [0, 0.1) is 0 Å². The molecule has 31 heavy (non-hydrogen) atoms. The molecule has 5 rings (SSSR count). The summed E-state index contributed by atoms with van der Waals surface area (Å²) in [5.74, 6) is 0.788. The number of benzene rings is 2. The van der Waals surface area contributed by atoms with Crippen molar-refractivity contribution in [2.24, 2.45) is 0 Å². The lowest BCUT2D eigenvalue weighted by Gasteiger charge is -2.26. The van der Waals surface area contributed by atoms with Crippen molar-refractivity contribution in [1.29, 1.82) is 0 Å². The number of fused-ring (bicyclic) bond motifs is 2. The van der Waals surface area contributed by atoms with Crippen molar-refractivity contribution in [3.05, 3.63) is 82.9 Å². The highest BCUT2D eigenvalue weighted by Gasteiger charge is 2.26. The average molecular weight is 415 g/mol. The molecule has 1 aliphatic heterocycles. The first-order valence-corrected chi connectivity index (χ1v) is 10.8. The van der Waals surface area contributed by atoms with Crippen LogP contribution in [0.25, 0.3) is 21.8 Å². The number of pyridine rings is 1. The van der Waals surface area contributed by atoms with E-state index in [4.69, 9.17) is 4.42 Å². The van der Waals surface area contributed by atoms with Gasteiger partial charge in [0, 0.05) is 17.3 Å². The molecule has 2 aromatic carbocycles. The Balaban J connectivity index is 1.42. The van der Waals surface area contributed by atoms with E-state index in [1.54, 1.807) is 6.26 Å².